The highest BCUT2D eigenvalue weighted by Crippen LogP contribution is 2.39. The van der Waals surface area contributed by atoms with Crippen LogP contribution < -0.4 is 5.32 Å². The Labute approximate surface area is 198 Å². The molecule has 7 nitrogen and oxygen atoms in total. The number of hydrogen-bond donors (Lipinski definition) is 2. The zero-order valence-corrected chi connectivity index (χ0v) is 19.8. The van der Waals surface area contributed by atoms with Crippen molar-refractivity contribution < 1.29 is 36.3 Å². The van der Waals surface area contributed by atoms with E-state index in [9.17, 15) is 36.3 Å². The Morgan fingerprint density at radius 1 is 1.06 bits per heavy atom. The molecule has 0 aliphatic heterocycles. The van der Waals surface area contributed by atoms with Crippen LogP contribution in [0.5, 0.6) is 0 Å². The van der Waals surface area contributed by atoms with Gasteiger partial charge in [-0.2, -0.15) is 13.2 Å². The van der Waals surface area contributed by atoms with Gasteiger partial charge in [-0.1, -0.05) is 23.2 Å². The van der Waals surface area contributed by atoms with Crippen molar-refractivity contribution >= 4 is 50.5 Å². The van der Waals surface area contributed by atoms with Crippen molar-refractivity contribution in [3.8, 4) is 0 Å². The second-order valence-electron chi connectivity index (χ2n) is 7.11. The molecule has 0 unspecified atom stereocenters. The first kappa shape index (κ1) is 26.9. The standard InChI is InChI=1S/C20H19Cl2F3N2O5S/c1-4-27(3)17(28)11-5-7-12(8-6-11)33(31,32)14-10-9-13(15(21)16(14)22)26-18(29)19(2,30)20(23,24)25/h5-10,30H,4H2,1-3H3,(H,26,29)/t19-/m1/s1. The lowest BCUT2D eigenvalue weighted by Crippen LogP contribution is -2.52. The highest BCUT2D eigenvalue weighted by atomic mass is 35.5. The maximum absolute atomic E-state index is 13.0. The lowest BCUT2D eigenvalue weighted by Gasteiger charge is -2.25. The van der Waals surface area contributed by atoms with Crippen LogP contribution in [0.2, 0.25) is 10.0 Å². The molecule has 0 aliphatic rings. The van der Waals surface area contributed by atoms with Crippen molar-refractivity contribution in [1.29, 1.82) is 0 Å². The third kappa shape index (κ3) is 5.26. The molecule has 0 spiro atoms. The lowest BCUT2D eigenvalue weighted by atomic mass is 10.1. The molecule has 2 amide bonds. The highest BCUT2D eigenvalue weighted by molar-refractivity contribution is 7.91. The van der Waals surface area contributed by atoms with Gasteiger partial charge in [-0.25, -0.2) is 8.42 Å². The van der Waals surface area contributed by atoms with Crippen LogP contribution in [0.25, 0.3) is 0 Å². The third-order valence-corrected chi connectivity index (χ3v) is 7.62. The van der Waals surface area contributed by atoms with E-state index in [1.165, 1.54) is 29.2 Å². The number of anilines is 1. The highest BCUT2D eigenvalue weighted by Gasteiger charge is 2.55. The number of alkyl halides is 3. The molecule has 0 heterocycles. The second-order valence-corrected chi connectivity index (χ2v) is 9.78. The van der Waals surface area contributed by atoms with Gasteiger partial charge >= 0.3 is 6.18 Å². The Kier molecular flexibility index (Phi) is 7.74. The normalized spacial score (nSPS) is 13.8. The van der Waals surface area contributed by atoms with E-state index in [-0.39, 0.29) is 23.3 Å². The summed E-state index contributed by atoms with van der Waals surface area (Å²) >= 11 is 12.0. The first-order chi connectivity index (χ1) is 15.1. The van der Waals surface area contributed by atoms with Crippen LogP contribution in [0.1, 0.15) is 24.2 Å². The number of nitrogens with one attached hydrogen (secondary N) is 1. The van der Waals surface area contributed by atoms with E-state index in [0.29, 0.717) is 6.54 Å². The molecule has 0 radical (unpaired) electrons. The largest absolute Gasteiger partial charge is 0.426 e. The van der Waals surface area contributed by atoms with E-state index in [1.807, 2.05) is 0 Å². The summed E-state index contributed by atoms with van der Waals surface area (Å²) in [5.41, 5.74) is -3.89. The number of sulfone groups is 1. The Bertz CT molecular complexity index is 1180. The molecule has 180 valence electrons. The number of halogens is 5. The minimum atomic E-state index is -5.27. The zero-order valence-electron chi connectivity index (χ0n) is 17.5. The van der Waals surface area contributed by atoms with E-state index in [0.717, 1.165) is 12.1 Å². The van der Waals surface area contributed by atoms with Gasteiger partial charge in [0.05, 0.1) is 25.5 Å². The fourth-order valence-corrected chi connectivity index (χ4v) is 4.55. The van der Waals surface area contributed by atoms with Gasteiger partial charge in [-0.3, -0.25) is 9.59 Å². The molecule has 0 aliphatic carbocycles. The monoisotopic (exact) mass is 526 g/mol. The van der Waals surface area contributed by atoms with Crippen molar-refractivity contribution in [1.82, 2.24) is 4.90 Å². The minimum absolute atomic E-state index is 0.215. The fraction of sp³-hybridized carbons (Fsp3) is 0.300. The van der Waals surface area contributed by atoms with Gasteiger partial charge in [0.15, 0.2) is 0 Å². The van der Waals surface area contributed by atoms with Crippen molar-refractivity contribution in [3.05, 3.63) is 52.0 Å². The summed E-state index contributed by atoms with van der Waals surface area (Å²) in [6, 6.07) is 6.94. The fourth-order valence-electron chi connectivity index (χ4n) is 2.48. The van der Waals surface area contributed by atoms with Crippen LogP contribution in [-0.4, -0.2) is 55.6 Å². The predicted octanol–water partition coefficient (Wildman–Crippen LogP) is 4.17. The molecule has 0 saturated heterocycles. The van der Waals surface area contributed by atoms with E-state index >= 15 is 0 Å². The number of benzene rings is 2. The molecular weight excluding hydrogens is 508 g/mol. The number of aliphatic hydroxyl groups is 1. The van der Waals surface area contributed by atoms with E-state index < -0.39 is 48.1 Å². The lowest BCUT2D eigenvalue weighted by molar-refractivity contribution is -0.242. The quantitative estimate of drug-likeness (QED) is 0.587. The summed E-state index contributed by atoms with van der Waals surface area (Å²) in [6.45, 7) is 2.48. The first-order valence-electron chi connectivity index (χ1n) is 9.24. The van der Waals surface area contributed by atoms with E-state index in [4.69, 9.17) is 23.2 Å². The van der Waals surface area contributed by atoms with E-state index in [1.54, 1.807) is 19.3 Å². The molecule has 0 aromatic heterocycles. The molecule has 2 aromatic carbocycles. The number of carbonyl (C=O) groups excluding carboxylic acids is 2. The van der Waals surface area contributed by atoms with Gasteiger partial charge in [0, 0.05) is 19.2 Å². The maximum atomic E-state index is 13.0. The maximum Gasteiger partial charge on any atom is 0.426 e. The number of hydrogen-bond acceptors (Lipinski definition) is 5. The molecule has 33 heavy (non-hydrogen) atoms. The van der Waals surface area contributed by atoms with Crippen molar-refractivity contribution in [2.75, 3.05) is 18.9 Å². The van der Waals surface area contributed by atoms with Gasteiger partial charge in [-0.15, -0.1) is 0 Å². The Morgan fingerprint density at radius 2 is 1.61 bits per heavy atom. The molecule has 0 fully saturated rings. The summed E-state index contributed by atoms with van der Waals surface area (Å²) in [5, 5.41) is 10.1. The summed E-state index contributed by atoms with van der Waals surface area (Å²) in [5.74, 6) is -2.14. The van der Waals surface area contributed by atoms with Gasteiger partial charge in [0.2, 0.25) is 15.4 Å². The van der Waals surface area contributed by atoms with Crippen molar-refractivity contribution in [2.45, 2.75) is 35.4 Å². The first-order valence-corrected chi connectivity index (χ1v) is 11.5. The third-order valence-electron chi connectivity index (χ3n) is 4.81. The topological polar surface area (TPSA) is 104 Å². The van der Waals surface area contributed by atoms with Crippen LogP contribution >= 0.6 is 23.2 Å². The summed E-state index contributed by atoms with van der Waals surface area (Å²) in [7, 11) is -2.65. The van der Waals surface area contributed by atoms with Crippen molar-refractivity contribution in [3.63, 3.8) is 0 Å². The summed E-state index contributed by atoms with van der Waals surface area (Å²) < 4.78 is 64.5. The van der Waals surface area contributed by atoms with Crippen LogP contribution in [0, 0.1) is 0 Å². The van der Waals surface area contributed by atoms with Crippen LogP contribution in [-0.2, 0) is 14.6 Å². The molecule has 0 saturated carbocycles. The van der Waals surface area contributed by atoms with Crippen LogP contribution in [0.3, 0.4) is 0 Å². The average molecular weight is 527 g/mol. The second kappa shape index (κ2) is 9.49. The van der Waals surface area contributed by atoms with Gasteiger partial charge in [0.1, 0.15) is 0 Å². The van der Waals surface area contributed by atoms with Crippen LogP contribution in [0.4, 0.5) is 18.9 Å². The van der Waals surface area contributed by atoms with Crippen LogP contribution in [0.15, 0.2) is 46.2 Å². The molecule has 2 N–H and O–H groups in total. The number of rotatable bonds is 6. The SMILES string of the molecule is CCN(C)C(=O)c1ccc(S(=O)(=O)c2ccc(NC(=O)[C@@](C)(O)C(F)(F)F)c(Cl)c2Cl)cc1. The van der Waals surface area contributed by atoms with Gasteiger partial charge < -0.3 is 15.3 Å². The van der Waals surface area contributed by atoms with Crippen molar-refractivity contribution in [2.24, 2.45) is 0 Å². The molecule has 1 atom stereocenters. The zero-order chi connectivity index (χ0) is 25.4. The molecule has 0 bridgehead atoms. The van der Waals surface area contributed by atoms with E-state index in [2.05, 4.69) is 0 Å². The minimum Gasteiger partial charge on any atom is -0.373 e. The van der Waals surface area contributed by atoms with Gasteiger partial charge in [0.25, 0.3) is 11.8 Å². The Morgan fingerprint density at radius 3 is 2.09 bits per heavy atom. The summed E-state index contributed by atoms with van der Waals surface area (Å²) in [6.07, 6.45) is -5.27. The molecule has 2 aromatic rings. The number of nitrogens with zero attached hydrogens (tertiary/aromatic N) is 1. The molecular formula is C20H19Cl2F3N2O5S. The average Bonchev–Trinajstić information content (AvgIpc) is 2.74. The summed E-state index contributed by atoms with van der Waals surface area (Å²) in [4.78, 5) is 24.8. The van der Waals surface area contributed by atoms with Gasteiger partial charge in [-0.05, 0) is 50.2 Å². The number of amides is 2. The molecule has 13 heteroatoms. The Balaban J connectivity index is 2.39. The smallest absolute Gasteiger partial charge is 0.373 e. The Hall–Kier alpha value is -2.34. The molecule has 2 rings (SSSR count). The predicted molar refractivity (Wildman–Crippen MR) is 116 cm³/mol. The number of carbonyl (C=O) groups is 2.